The maximum atomic E-state index is 5.97. The quantitative estimate of drug-likeness (QED) is 0.476. The first-order chi connectivity index (χ1) is 6.84. The first-order valence-electron chi connectivity index (χ1n) is 5.17. The normalized spacial score (nSPS) is 49.1. The monoisotopic (exact) mass is 252 g/mol. The lowest BCUT2D eigenvalue weighted by Gasteiger charge is -2.25. The first-order valence-corrected chi connectivity index (χ1v) is 6.09. The fourth-order valence-corrected chi connectivity index (χ4v) is 3.28. The summed E-state index contributed by atoms with van der Waals surface area (Å²) in [5.41, 5.74) is 0. The Kier molecular flexibility index (Phi) is 2.14. The van der Waals surface area contributed by atoms with Gasteiger partial charge in [0.1, 0.15) is 0 Å². The Hall–Kier alpha value is -0.340. The van der Waals surface area contributed by atoms with Crippen molar-refractivity contribution in [1.82, 2.24) is 0 Å². The number of hydrogen-bond donors (Lipinski definition) is 0. The molecular formula is C12H13BrO. The van der Waals surface area contributed by atoms with E-state index in [0.717, 1.165) is 0 Å². The van der Waals surface area contributed by atoms with Gasteiger partial charge in [0, 0.05) is 10.7 Å². The largest absolute Gasteiger partial charge is 0.366 e. The van der Waals surface area contributed by atoms with Crippen molar-refractivity contribution in [2.75, 3.05) is 0 Å². The molecule has 1 aliphatic heterocycles. The van der Waals surface area contributed by atoms with E-state index in [0.29, 0.717) is 28.9 Å². The van der Waals surface area contributed by atoms with E-state index in [1.54, 1.807) is 0 Å². The van der Waals surface area contributed by atoms with Gasteiger partial charge in [-0.1, -0.05) is 52.4 Å². The Balaban J connectivity index is 1.89. The van der Waals surface area contributed by atoms with Crippen LogP contribution < -0.4 is 0 Å². The van der Waals surface area contributed by atoms with Crippen LogP contribution in [-0.4, -0.2) is 17.0 Å². The van der Waals surface area contributed by atoms with Gasteiger partial charge in [0.2, 0.25) is 0 Å². The lowest BCUT2D eigenvalue weighted by molar-refractivity contribution is 0.0827. The molecule has 0 N–H and O–H groups in total. The van der Waals surface area contributed by atoms with Gasteiger partial charge in [-0.05, 0) is 12.3 Å². The third-order valence-electron chi connectivity index (χ3n) is 3.36. The van der Waals surface area contributed by atoms with Crippen LogP contribution in [0.1, 0.15) is 6.42 Å². The van der Waals surface area contributed by atoms with E-state index in [2.05, 4.69) is 52.4 Å². The minimum atomic E-state index is 0.317. The van der Waals surface area contributed by atoms with Gasteiger partial charge in [0.05, 0.1) is 12.2 Å². The molecule has 1 saturated heterocycles. The molecule has 0 amide bonds. The lowest BCUT2D eigenvalue weighted by Crippen LogP contribution is -2.25. The van der Waals surface area contributed by atoms with Crippen molar-refractivity contribution in [3.8, 4) is 0 Å². The van der Waals surface area contributed by atoms with Gasteiger partial charge in [0.15, 0.2) is 0 Å². The zero-order chi connectivity index (χ0) is 9.54. The summed E-state index contributed by atoms with van der Waals surface area (Å²) in [6, 6.07) is 0. The van der Waals surface area contributed by atoms with E-state index in [4.69, 9.17) is 4.74 Å². The van der Waals surface area contributed by atoms with Crippen molar-refractivity contribution >= 4 is 15.9 Å². The van der Waals surface area contributed by atoms with Crippen molar-refractivity contribution in [2.24, 2.45) is 11.8 Å². The summed E-state index contributed by atoms with van der Waals surface area (Å²) >= 11 is 3.66. The summed E-state index contributed by atoms with van der Waals surface area (Å²) in [7, 11) is 0. The maximum Gasteiger partial charge on any atom is 0.0833 e. The summed E-state index contributed by atoms with van der Waals surface area (Å²) in [6.07, 6.45) is 15.0. The molecule has 0 aromatic heterocycles. The van der Waals surface area contributed by atoms with Gasteiger partial charge in [-0.15, -0.1) is 0 Å². The van der Waals surface area contributed by atoms with Gasteiger partial charge >= 0.3 is 0 Å². The van der Waals surface area contributed by atoms with E-state index in [1.165, 1.54) is 6.42 Å². The molecule has 5 atom stereocenters. The Bertz CT molecular complexity index is 318. The molecule has 3 aliphatic rings. The molecule has 0 bridgehead atoms. The molecule has 1 nitrogen and oxygen atoms in total. The van der Waals surface area contributed by atoms with Crippen LogP contribution in [0.3, 0.4) is 0 Å². The standard InChI is InChI=1S/C12H13BrO/c13-8-5-6-12-10(7-8)9-3-1-2-4-11(9)14-12/h1-6,8-12H,7H2. The zero-order valence-electron chi connectivity index (χ0n) is 7.84. The molecule has 2 heteroatoms. The molecule has 0 saturated carbocycles. The average molecular weight is 253 g/mol. The van der Waals surface area contributed by atoms with E-state index in [9.17, 15) is 0 Å². The highest BCUT2D eigenvalue weighted by atomic mass is 79.9. The molecular weight excluding hydrogens is 240 g/mol. The molecule has 3 rings (SSSR count). The number of alkyl halides is 1. The number of ether oxygens (including phenoxy) is 1. The van der Waals surface area contributed by atoms with Crippen molar-refractivity contribution in [1.29, 1.82) is 0 Å². The van der Waals surface area contributed by atoms with E-state index in [-0.39, 0.29) is 0 Å². The molecule has 0 aromatic carbocycles. The SMILES string of the molecule is BrC1C=CC2OC3C=CC=CC3C2C1. The summed E-state index contributed by atoms with van der Waals surface area (Å²) in [5, 5.41) is 0. The highest BCUT2D eigenvalue weighted by Crippen LogP contribution is 2.42. The highest BCUT2D eigenvalue weighted by molar-refractivity contribution is 9.09. The van der Waals surface area contributed by atoms with Crippen LogP contribution in [0.4, 0.5) is 0 Å². The second-order valence-corrected chi connectivity index (χ2v) is 5.39. The molecule has 0 radical (unpaired) electrons. The van der Waals surface area contributed by atoms with Crippen molar-refractivity contribution in [2.45, 2.75) is 23.5 Å². The van der Waals surface area contributed by atoms with Crippen LogP contribution in [0.25, 0.3) is 0 Å². The van der Waals surface area contributed by atoms with Gasteiger partial charge < -0.3 is 4.74 Å². The maximum absolute atomic E-state index is 5.97. The number of hydrogen-bond acceptors (Lipinski definition) is 1. The van der Waals surface area contributed by atoms with Gasteiger partial charge in [-0.2, -0.15) is 0 Å². The lowest BCUT2D eigenvalue weighted by atomic mass is 9.80. The average Bonchev–Trinajstić information content (AvgIpc) is 2.56. The third-order valence-corrected chi connectivity index (χ3v) is 4.04. The third kappa shape index (κ3) is 1.32. The fourth-order valence-electron chi connectivity index (χ4n) is 2.68. The number of fused-ring (bicyclic) bond motifs is 3. The molecule has 1 heterocycles. The fraction of sp³-hybridized carbons (Fsp3) is 0.500. The van der Waals surface area contributed by atoms with E-state index < -0.39 is 0 Å². The predicted octanol–water partition coefficient (Wildman–Crippen LogP) is 2.84. The summed E-state index contributed by atoms with van der Waals surface area (Å²) < 4.78 is 5.97. The smallest absolute Gasteiger partial charge is 0.0833 e. The number of allylic oxidation sites excluding steroid dienone is 3. The summed E-state index contributed by atoms with van der Waals surface area (Å²) in [4.78, 5) is 0.533. The molecule has 0 aromatic rings. The Morgan fingerprint density at radius 1 is 1.00 bits per heavy atom. The topological polar surface area (TPSA) is 9.23 Å². The Morgan fingerprint density at radius 3 is 2.79 bits per heavy atom. The van der Waals surface area contributed by atoms with E-state index >= 15 is 0 Å². The summed E-state index contributed by atoms with van der Waals surface area (Å²) in [6.45, 7) is 0. The minimum absolute atomic E-state index is 0.317. The first kappa shape index (κ1) is 8.93. The number of rotatable bonds is 0. The predicted molar refractivity (Wildman–Crippen MR) is 60.4 cm³/mol. The number of halogens is 1. The van der Waals surface area contributed by atoms with Crippen LogP contribution in [0.2, 0.25) is 0 Å². The Labute approximate surface area is 92.6 Å². The molecule has 74 valence electrons. The zero-order valence-corrected chi connectivity index (χ0v) is 9.43. The highest BCUT2D eigenvalue weighted by Gasteiger charge is 2.43. The van der Waals surface area contributed by atoms with Crippen molar-refractivity contribution in [3.63, 3.8) is 0 Å². The second-order valence-electron chi connectivity index (χ2n) is 4.21. The van der Waals surface area contributed by atoms with Gasteiger partial charge in [-0.3, -0.25) is 0 Å². The Morgan fingerprint density at radius 2 is 1.86 bits per heavy atom. The van der Waals surface area contributed by atoms with Gasteiger partial charge in [0.25, 0.3) is 0 Å². The van der Waals surface area contributed by atoms with Crippen LogP contribution >= 0.6 is 15.9 Å². The molecule has 14 heavy (non-hydrogen) atoms. The molecule has 2 aliphatic carbocycles. The second kappa shape index (κ2) is 3.35. The summed E-state index contributed by atoms with van der Waals surface area (Å²) in [5.74, 6) is 1.26. The van der Waals surface area contributed by atoms with Gasteiger partial charge in [-0.25, -0.2) is 0 Å². The molecule has 1 fully saturated rings. The van der Waals surface area contributed by atoms with Crippen LogP contribution in [0, 0.1) is 11.8 Å². The minimum Gasteiger partial charge on any atom is -0.366 e. The van der Waals surface area contributed by atoms with Crippen LogP contribution in [-0.2, 0) is 4.74 Å². The molecule has 5 unspecified atom stereocenters. The van der Waals surface area contributed by atoms with Crippen molar-refractivity contribution in [3.05, 3.63) is 36.5 Å². The van der Waals surface area contributed by atoms with Crippen LogP contribution in [0.5, 0.6) is 0 Å². The molecule has 0 spiro atoms. The van der Waals surface area contributed by atoms with E-state index in [1.807, 2.05) is 0 Å². The van der Waals surface area contributed by atoms with Crippen LogP contribution in [0.15, 0.2) is 36.5 Å². The van der Waals surface area contributed by atoms with Crippen molar-refractivity contribution < 1.29 is 4.74 Å².